The molecule has 0 radical (unpaired) electrons. The Hall–Kier alpha value is -3.08. The first-order valence-electron chi connectivity index (χ1n) is 11.4. The van der Waals surface area contributed by atoms with Crippen molar-refractivity contribution in [3.63, 3.8) is 0 Å². The maximum Gasteiger partial charge on any atom is 0.410 e. The number of ether oxygens (including phenoxy) is 1. The Morgan fingerprint density at radius 1 is 1.09 bits per heavy atom. The van der Waals surface area contributed by atoms with Gasteiger partial charge in [0.1, 0.15) is 0 Å². The topological polar surface area (TPSA) is 58.6 Å². The number of nitrogens with one attached hydrogen (secondary N) is 1. The lowest BCUT2D eigenvalue weighted by Crippen LogP contribution is -2.45. The molecule has 2 aromatic carbocycles. The van der Waals surface area contributed by atoms with Crippen molar-refractivity contribution in [1.29, 1.82) is 0 Å². The quantitative estimate of drug-likeness (QED) is 0.708. The van der Waals surface area contributed by atoms with E-state index in [4.69, 9.17) is 4.74 Å². The van der Waals surface area contributed by atoms with E-state index in [0.717, 1.165) is 29.7 Å². The summed E-state index contributed by atoms with van der Waals surface area (Å²) in [7, 11) is 0. The number of allylic oxidation sites excluding steroid dienone is 1. The molecule has 32 heavy (non-hydrogen) atoms. The van der Waals surface area contributed by atoms with Crippen molar-refractivity contribution >= 4 is 11.9 Å². The van der Waals surface area contributed by atoms with Crippen molar-refractivity contribution in [2.24, 2.45) is 5.41 Å². The van der Waals surface area contributed by atoms with Gasteiger partial charge in [-0.1, -0.05) is 68.4 Å². The minimum absolute atomic E-state index is 0.104. The third-order valence-electron chi connectivity index (χ3n) is 6.33. The fourth-order valence-electron chi connectivity index (χ4n) is 4.90. The predicted molar refractivity (Wildman–Crippen MR) is 125 cm³/mol. The highest BCUT2D eigenvalue weighted by atomic mass is 16.6. The summed E-state index contributed by atoms with van der Waals surface area (Å²) in [6.45, 7) is 7.55. The van der Waals surface area contributed by atoms with Crippen molar-refractivity contribution in [1.82, 2.24) is 10.2 Å². The SMILES string of the molecule is CCOC(=O)N1CCc2ccccc2C1C1=C(NCc2ccccc2)CC(C)(C)CC1=O. The van der Waals surface area contributed by atoms with Gasteiger partial charge < -0.3 is 10.1 Å². The van der Waals surface area contributed by atoms with Gasteiger partial charge in [0.25, 0.3) is 0 Å². The van der Waals surface area contributed by atoms with Crippen LogP contribution >= 0.6 is 0 Å². The summed E-state index contributed by atoms with van der Waals surface area (Å²) in [5, 5.41) is 3.57. The summed E-state index contributed by atoms with van der Waals surface area (Å²) in [6, 6.07) is 17.9. The van der Waals surface area contributed by atoms with Crippen molar-refractivity contribution in [3.8, 4) is 0 Å². The van der Waals surface area contributed by atoms with Crippen LogP contribution in [0.15, 0.2) is 65.9 Å². The monoisotopic (exact) mass is 432 g/mol. The number of hydrogen-bond donors (Lipinski definition) is 1. The van der Waals surface area contributed by atoms with Gasteiger partial charge >= 0.3 is 6.09 Å². The molecule has 0 saturated heterocycles. The normalized spacial score (nSPS) is 20.0. The molecule has 1 N–H and O–H groups in total. The van der Waals surface area contributed by atoms with Crippen LogP contribution in [-0.2, 0) is 22.5 Å². The molecule has 0 fully saturated rings. The third kappa shape index (κ3) is 4.57. The van der Waals surface area contributed by atoms with E-state index >= 15 is 0 Å². The number of Topliss-reactive ketones (excluding diaryl/α,β-unsaturated/α-hetero) is 1. The molecule has 1 unspecified atom stereocenters. The minimum Gasteiger partial charge on any atom is -0.450 e. The lowest BCUT2D eigenvalue weighted by molar-refractivity contribution is -0.118. The molecule has 2 aliphatic rings. The van der Waals surface area contributed by atoms with Gasteiger partial charge in [-0.2, -0.15) is 0 Å². The van der Waals surface area contributed by atoms with E-state index in [1.165, 1.54) is 5.56 Å². The maximum atomic E-state index is 13.6. The molecule has 0 bridgehead atoms. The van der Waals surface area contributed by atoms with Crippen LogP contribution in [0.3, 0.4) is 0 Å². The maximum absolute atomic E-state index is 13.6. The van der Waals surface area contributed by atoms with Gasteiger partial charge in [-0.25, -0.2) is 4.79 Å². The third-order valence-corrected chi connectivity index (χ3v) is 6.33. The van der Waals surface area contributed by atoms with Crippen LogP contribution in [0, 0.1) is 5.41 Å². The Morgan fingerprint density at radius 2 is 1.81 bits per heavy atom. The van der Waals surface area contributed by atoms with E-state index in [0.29, 0.717) is 31.7 Å². The number of carbonyl (C=O) groups excluding carboxylic acids is 2. The zero-order chi connectivity index (χ0) is 22.7. The summed E-state index contributed by atoms with van der Waals surface area (Å²) in [5.74, 6) is 0.104. The highest BCUT2D eigenvalue weighted by Gasteiger charge is 2.42. The Balaban J connectivity index is 1.80. The smallest absolute Gasteiger partial charge is 0.410 e. The number of nitrogens with zero attached hydrogens (tertiary/aromatic N) is 1. The van der Waals surface area contributed by atoms with Crippen LogP contribution in [0.2, 0.25) is 0 Å². The van der Waals surface area contributed by atoms with Crippen LogP contribution in [0.5, 0.6) is 0 Å². The van der Waals surface area contributed by atoms with E-state index in [-0.39, 0.29) is 17.3 Å². The number of fused-ring (bicyclic) bond motifs is 1. The van der Waals surface area contributed by atoms with E-state index in [1.54, 1.807) is 4.90 Å². The minimum atomic E-state index is -0.430. The predicted octanol–water partition coefficient (Wildman–Crippen LogP) is 5.18. The van der Waals surface area contributed by atoms with Crippen LogP contribution in [0.4, 0.5) is 4.79 Å². The van der Waals surface area contributed by atoms with Crippen LogP contribution in [0.25, 0.3) is 0 Å². The summed E-state index contributed by atoms with van der Waals surface area (Å²) in [5.41, 5.74) is 4.87. The second-order valence-corrected chi connectivity index (χ2v) is 9.42. The first-order chi connectivity index (χ1) is 15.4. The van der Waals surface area contributed by atoms with Gasteiger partial charge in [-0.15, -0.1) is 0 Å². The Kier molecular flexibility index (Phi) is 6.35. The Labute approximate surface area is 190 Å². The Morgan fingerprint density at radius 3 is 2.56 bits per heavy atom. The van der Waals surface area contributed by atoms with Gasteiger partial charge in [0.2, 0.25) is 0 Å². The first kappa shape index (κ1) is 22.1. The summed E-state index contributed by atoms with van der Waals surface area (Å²) in [6.07, 6.45) is 1.62. The molecule has 2 aromatic rings. The van der Waals surface area contributed by atoms with Crippen molar-refractivity contribution in [3.05, 3.63) is 82.6 Å². The van der Waals surface area contributed by atoms with Gasteiger partial charge in [0, 0.05) is 30.8 Å². The summed E-state index contributed by atoms with van der Waals surface area (Å²) in [4.78, 5) is 28.3. The van der Waals surface area contributed by atoms with Crippen molar-refractivity contribution in [2.45, 2.75) is 52.6 Å². The summed E-state index contributed by atoms with van der Waals surface area (Å²) < 4.78 is 5.39. The molecule has 4 rings (SSSR count). The molecule has 0 aromatic heterocycles. The Bertz CT molecular complexity index is 1030. The lowest BCUT2D eigenvalue weighted by atomic mass is 9.72. The molecule has 1 amide bonds. The fraction of sp³-hybridized carbons (Fsp3) is 0.407. The lowest BCUT2D eigenvalue weighted by Gasteiger charge is -2.42. The fourth-order valence-corrected chi connectivity index (χ4v) is 4.90. The van der Waals surface area contributed by atoms with Crippen LogP contribution in [-0.4, -0.2) is 29.9 Å². The largest absolute Gasteiger partial charge is 0.450 e. The number of benzene rings is 2. The van der Waals surface area contributed by atoms with Gasteiger partial charge in [0.05, 0.1) is 12.6 Å². The molecule has 1 aliphatic carbocycles. The molecule has 1 aliphatic heterocycles. The first-order valence-corrected chi connectivity index (χ1v) is 11.4. The molecule has 5 nitrogen and oxygen atoms in total. The van der Waals surface area contributed by atoms with Crippen molar-refractivity contribution < 1.29 is 14.3 Å². The van der Waals surface area contributed by atoms with Gasteiger partial charge in [-0.05, 0) is 41.9 Å². The standard InChI is InChI=1S/C27H32N2O3/c1-4-32-26(31)29-15-14-20-12-8-9-13-21(20)25(29)24-22(16-27(2,3)17-23(24)30)28-18-19-10-6-5-7-11-19/h5-13,25,28H,4,14-18H2,1-3H3. The van der Waals surface area contributed by atoms with Crippen molar-refractivity contribution in [2.75, 3.05) is 13.2 Å². The molecule has 1 atom stereocenters. The zero-order valence-electron chi connectivity index (χ0n) is 19.2. The van der Waals surface area contributed by atoms with Crippen LogP contribution < -0.4 is 5.32 Å². The number of hydrogen-bond acceptors (Lipinski definition) is 4. The second kappa shape index (κ2) is 9.19. The molecular weight excluding hydrogens is 400 g/mol. The van der Waals surface area contributed by atoms with E-state index in [2.05, 4.69) is 37.4 Å². The average Bonchev–Trinajstić information content (AvgIpc) is 2.77. The molecule has 5 heteroatoms. The number of rotatable bonds is 5. The molecule has 168 valence electrons. The molecular formula is C27H32N2O3. The van der Waals surface area contributed by atoms with Gasteiger partial charge in [-0.3, -0.25) is 9.69 Å². The highest BCUT2D eigenvalue weighted by Crippen LogP contribution is 2.44. The summed E-state index contributed by atoms with van der Waals surface area (Å²) >= 11 is 0. The highest BCUT2D eigenvalue weighted by molar-refractivity contribution is 5.99. The van der Waals surface area contributed by atoms with Gasteiger partial charge in [0.15, 0.2) is 5.78 Å². The molecule has 1 heterocycles. The number of amides is 1. The van der Waals surface area contributed by atoms with E-state index < -0.39 is 6.04 Å². The molecule has 0 saturated carbocycles. The number of carbonyl (C=O) groups is 2. The van der Waals surface area contributed by atoms with Crippen LogP contribution in [0.1, 0.15) is 56.3 Å². The second-order valence-electron chi connectivity index (χ2n) is 9.42. The zero-order valence-corrected chi connectivity index (χ0v) is 19.2. The van der Waals surface area contributed by atoms with E-state index in [9.17, 15) is 9.59 Å². The van der Waals surface area contributed by atoms with E-state index in [1.807, 2.05) is 43.3 Å². The number of ketones is 1. The average molecular weight is 433 g/mol. The molecule has 0 spiro atoms.